The van der Waals surface area contributed by atoms with Crippen molar-refractivity contribution in [3.8, 4) is 5.69 Å². The smallest absolute Gasteiger partial charge is 0.340 e. The van der Waals surface area contributed by atoms with E-state index in [0.29, 0.717) is 23.1 Å². The highest BCUT2D eigenvalue weighted by Gasteiger charge is 2.22. The van der Waals surface area contributed by atoms with Gasteiger partial charge in [-0.05, 0) is 57.0 Å². The molecule has 1 aromatic carbocycles. The van der Waals surface area contributed by atoms with Crippen molar-refractivity contribution in [3.63, 3.8) is 0 Å². The summed E-state index contributed by atoms with van der Waals surface area (Å²) in [5.74, 6) is -0.713. The van der Waals surface area contributed by atoms with E-state index in [1.165, 1.54) is 12.1 Å². The van der Waals surface area contributed by atoms with Crippen molar-refractivity contribution >= 4 is 17.7 Å². The van der Waals surface area contributed by atoms with E-state index in [1.807, 2.05) is 16.2 Å². The van der Waals surface area contributed by atoms with Crippen LogP contribution in [0.25, 0.3) is 5.69 Å². The van der Waals surface area contributed by atoms with E-state index in [0.717, 1.165) is 37.1 Å². The number of carbonyl (C=O) groups excluding carboxylic acids is 2. The topological polar surface area (TPSA) is 78.2 Å². The van der Waals surface area contributed by atoms with Gasteiger partial charge in [-0.15, -0.1) is 0 Å². The number of halogens is 1. The molecule has 0 spiro atoms. The van der Waals surface area contributed by atoms with E-state index >= 15 is 0 Å². The molecule has 2 aromatic heterocycles. The van der Waals surface area contributed by atoms with Crippen LogP contribution in [0.15, 0.2) is 42.6 Å². The van der Waals surface area contributed by atoms with Crippen LogP contribution in [0, 0.1) is 19.7 Å². The Kier molecular flexibility index (Phi) is 5.88. The van der Waals surface area contributed by atoms with Gasteiger partial charge in [-0.25, -0.2) is 13.9 Å². The highest BCUT2D eigenvalue weighted by atomic mass is 19.1. The fraction of sp³-hybridized carbons (Fsp3) is 0.348. The number of aromatic nitrogens is 3. The second-order valence-corrected chi connectivity index (χ2v) is 7.82. The van der Waals surface area contributed by atoms with E-state index in [1.54, 1.807) is 37.4 Å². The van der Waals surface area contributed by atoms with Crippen molar-refractivity contribution in [3.05, 3.63) is 65.4 Å². The highest BCUT2D eigenvalue weighted by Crippen LogP contribution is 2.31. The summed E-state index contributed by atoms with van der Waals surface area (Å²) in [4.78, 5) is 25.0. The molecule has 0 aliphatic heterocycles. The molecule has 7 nitrogen and oxygen atoms in total. The minimum Gasteiger partial charge on any atom is -0.452 e. The molecule has 8 heteroatoms. The maximum absolute atomic E-state index is 13.2. The number of hydrogen-bond donors (Lipinski definition) is 1. The summed E-state index contributed by atoms with van der Waals surface area (Å²) in [6.07, 6.45) is 6.06. The van der Waals surface area contributed by atoms with E-state index < -0.39 is 18.5 Å². The third-order valence-corrected chi connectivity index (χ3v) is 5.68. The lowest BCUT2D eigenvalue weighted by Crippen LogP contribution is -2.23. The third-order valence-electron chi connectivity index (χ3n) is 5.68. The van der Waals surface area contributed by atoms with Crippen LogP contribution in [0.4, 0.5) is 10.2 Å². The number of nitrogens with one attached hydrogen (secondary N) is 1. The maximum Gasteiger partial charge on any atom is 0.340 e. The number of nitrogens with zero attached hydrogens (tertiary/aromatic N) is 3. The number of rotatable bonds is 6. The van der Waals surface area contributed by atoms with Crippen LogP contribution >= 0.6 is 0 Å². The summed E-state index contributed by atoms with van der Waals surface area (Å²) < 4.78 is 22.2. The Bertz CT molecular complexity index is 1090. The van der Waals surface area contributed by atoms with Crippen LogP contribution in [-0.4, -0.2) is 32.8 Å². The van der Waals surface area contributed by atoms with Gasteiger partial charge in [-0.2, -0.15) is 5.10 Å². The van der Waals surface area contributed by atoms with Crippen molar-refractivity contribution in [1.29, 1.82) is 0 Å². The number of carbonyl (C=O) groups is 2. The molecule has 0 unspecified atom stereocenters. The molecule has 1 aliphatic carbocycles. The second-order valence-electron chi connectivity index (χ2n) is 7.82. The average Bonchev–Trinajstić information content (AvgIpc) is 3.48. The zero-order chi connectivity index (χ0) is 22.0. The lowest BCUT2D eigenvalue weighted by Gasteiger charge is -2.14. The quantitative estimate of drug-likeness (QED) is 0.597. The minimum absolute atomic E-state index is 0.296. The largest absolute Gasteiger partial charge is 0.452 e. The van der Waals surface area contributed by atoms with E-state index in [4.69, 9.17) is 4.74 Å². The fourth-order valence-corrected chi connectivity index (χ4v) is 4.20. The molecule has 31 heavy (non-hydrogen) atoms. The summed E-state index contributed by atoms with van der Waals surface area (Å²) in [5.41, 5.74) is 2.58. The molecule has 0 atom stereocenters. The molecule has 1 saturated carbocycles. The number of aryl methyl sites for hydroxylation is 1. The maximum atomic E-state index is 13.2. The van der Waals surface area contributed by atoms with Gasteiger partial charge in [-0.3, -0.25) is 4.79 Å². The predicted molar refractivity (Wildman–Crippen MR) is 114 cm³/mol. The van der Waals surface area contributed by atoms with Crippen molar-refractivity contribution in [1.82, 2.24) is 14.3 Å². The van der Waals surface area contributed by atoms with Crippen LogP contribution in [0.2, 0.25) is 0 Å². The monoisotopic (exact) mass is 424 g/mol. The van der Waals surface area contributed by atoms with Gasteiger partial charge >= 0.3 is 5.97 Å². The zero-order valence-electron chi connectivity index (χ0n) is 17.6. The summed E-state index contributed by atoms with van der Waals surface area (Å²) in [5, 5.41) is 7.10. The Morgan fingerprint density at radius 1 is 1.16 bits per heavy atom. The van der Waals surface area contributed by atoms with Gasteiger partial charge < -0.3 is 14.6 Å². The van der Waals surface area contributed by atoms with Crippen molar-refractivity contribution in [2.24, 2.45) is 0 Å². The van der Waals surface area contributed by atoms with Crippen LogP contribution in [0.3, 0.4) is 0 Å². The molecule has 1 fully saturated rings. The first-order valence-electron chi connectivity index (χ1n) is 10.4. The normalized spacial score (nSPS) is 14.0. The number of ether oxygens (including phenoxy) is 1. The van der Waals surface area contributed by atoms with Gasteiger partial charge in [0.1, 0.15) is 11.6 Å². The van der Waals surface area contributed by atoms with Crippen LogP contribution in [-0.2, 0) is 9.53 Å². The van der Waals surface area contributed by atoms with Crippen LogP contribution < -0.4 is 5.32 Å². The summed E-state index contributed by atoms with van der Waals surface area (Å²) in [7, 11) is 0. The number of anilines is 1. The van der Waals surface area contributed by atoms with E-state index in [2.05, 4.69) is 10.4 Å². The number of amides is 1. The summed E-state index contributed by atoms with van der Waals surface area (Å²) in [6, 6.07) is 9.77. The number of hydrogen-bond acceptors (Lipinski definition) is 4. The molecule has 0 saturated heterocycles. The Morgan fingerprint density at radius 3 is 2.58 bits per heavy atom. The number of esters is 1. The van der Waals surface area contributed by atoms with Gasteiger partial charge in [0.25, 0.3) is 5.91 Å². The van der Waals surface area contributed by atoms with Crippen molar-refractivity contribution in [2.75, 3.05) is 11.9 Å². The van der Waals surface area contributed by atoms with Gasteiger partial charge in [0.05, 0.1) is 17.8 Å². The zero-order valence-corrected chi connectivity index (χ0v) is 17.6. The minimum atomic E-state index is -0.582. The first-order chi connectivity index (χ1) is 14.9. The summed E-state index contributed by atoms with van der Waals surface area (Å²) >= 11 is 0. The molecule has 3 aromatic rings. The lowest BCUT2D eigenvalue weighted by molar-refractivity contribution is -0.119. The van der Waals surface area contributed by atoms with Gasteiger partial charge in [0.2, 0.25) is 0 Å². The number of benzene rings is 1. The first-order valence-corrected chi connectivity index (χ1v) is 10.4. The van der Waals surface area contributed by atoms with Gasteiger partial charge in [-0.1, -0.05) is 12.8 Å². The summed E-state index contributed by atoms with van der Waals surface area (Å²) in [6.45, 7) is 3.24. The molecule has 1 aliphatic rings. The average molecular weight is 424 g/mol. The molecule has 1 N–H and O–H groups in total. The highest BCUT2D eigenvalue weighted by molar-refractivity contribution is 5.96. The molecule has 4 rings (SSSR count). The SMILES string of the molecule is Cc1cc(C(=O)OCC(=O)Nc2ccnn2C2CCCC2)c(C)n1-c1ccc(F)cc1. The standard InChI is InChI=1S/C23H25FN4O3/c1-15-13-20(16(2)27(15)18-9-7-17(24)8-10-18)23(30)31-14-22(29)26-21-11-12-25-28(21)19-5-3-4-6-19/h7-13,19H,3-6,14H2,1-2H3,(H,26,29). The molecule has 162 valence electrons. The van der Waals surface area contributed by atoms with Gasteiger partial charge in [0, 0.05) is 23.1 Å². The Hall–Kier alpha value is -3.42. The Morgan fingerprint density at radius 2 is 1.87 bits per heavy atom. The molecular formula is C23H25FN4O3. The molecule has 0 bridgehead atoms. The van der Waals surface area contributed by atoms with Gasteiger partial charge in [0.15, 0.2) is 6.61 Å². The second kappa shape index (κ2) is 8.75. The van der Waals surface area contributed by atoms with Crippen molar-refractivity contribution < 1.29 is 18.7 Å². The molecule has 0 radical (unpaired) electrons. The van der Waals surface area contributed by atoms with E-state index in [-0.39, 0.29) is 5.82 Å². The Balaban J connectivity index is 1.40. The van der Waals surface area contributed by atoms with Crippen molar-refractivity contribution in [2.45, 2.75) is 45.6 Å². The lowest BCUT2D eigenvalue weighted by atomic mass is 10.2. The third kappa shape index (κ3) is 4.38. The first kappa shape index (κ1) is 20.8. The predicted octanol–water partition coefficient (Wildman–Crippen LogP) is 4.34. The molecule has 2 heterocycles. The fourth-order valence-electron chi connectivity index (χ4n) is 4.20. The van der Waals surface area contributed by atoms with Crippen LogP contribution in [0.5, 0.6) is 0 Å². The van der Waals surface area contributed by atoms with E-state index in [9.17, 15) is 14.0 Å². The van der Waals surface area contributed by atoms with Crippen LogP contribution in [0.1, 0.15) is 53.5 Å². The molecule has 1 amide bonds. The Labute approximate surface area is 179 Å². The molecular weight excluding hydrogens is 399 g/mol.